The first-order valence-corrected chi connectivity index (χ1v) is 8.16. The minimum atomic E-state index is -0.0195. The van der Waals surface area contributed by atoms with Crippen LogP contribution < -0.4 is 5.32 Å². The average molecular weight is 337 g/mol. The molecule has 1 aromatic heterocycles. The molecule has 3 nitrogen and oxygen atoms in total. The van der Waals surface area contributed by atoms with Crippen molar-refractivity contribution in [2.45, 2.75) is 12.8 Å². The Morgan fingerprint density at radius 1 is 1.08 bits per heavy atom. The van der Waals surface area contributed by atoms with Gasteiger partial charge in [-0.1, -0.05) is 54.1 Å². The van der Waals surface area contributed by atoms with Crippen LogP contribution in [-0.4, -0.2) is 10.9 Å². The number of pyridine rings is 1. The lowest BCUT2D eigenvalue weighted by atomic mass is 10.1. The van der Waals surface area contributed by atoms with Gasteiger partial charge in [-0.05, 0) is 36.2 Å². The van der Waals surface area contributed by atoms with Gasteiger partial charge in [0.15, 0.2) is 0 Å². The monoisotopic (exact) mass is 336 g/mol. The molecule has 1 amide bonds. The molecule has 120 valence electrons. The summed E-state index contributed by atoms with van der Waals surface area (Å²) in [7, 11) is 0. The van der Waals surface area contributed by atoms with Gasteiger partial charge in [-0.15, -0.1) is 0 Å². The van der Waals surface area contributed by atoms with Crippen molar-refractivity contribution >= 4 is 40.2 Å². The Balaban J connectivity index is 1.56. The van der Waals surface area contributed by atoms with E-state index in [0.29, 0.717) is 12.8 Å². The van der Waals surface area contributed by atoms with Crippen LogP contribution in [0.15, 0.2) is 66.9 Å². The van der Waals surface area contributed by atoms with Crippen molar-refractivity contribution in [3.05, 3.63) is 77.5 Å². The van der Waals surface area contributed by atoms with Gasteiger partial charge in [0.1, 0.15) is 0 Å². The SMILES string of the molecule is O=C(CC/C=C\c1ccc(Cl)cc1)Nc1cccc2cccnc12. The molecule has 0 atom stereocenters. The van der Waals surface area contributed by atoms with Crippen LogP contribution in [0.1, 0.15) is 18.4 Å². The molecule has 2 aromatic carbocycles. The molecule has 0 unspecified atom stereocenters. The van der Waals surface area contributed by atoms with E-state index >= 15 is 0 Å². The van der Waals surface area contributed by atoms with Gasteiger partial charge in [0.2, 0.25) is 5.91 Å². The molecule has 0 bridgehead atoms. The highest BCUT2D eigenvalue weighted by Crippen LogP contribution is 2.20. The van der Waals surface area contributed by atoms with E-state index in [1.807, 2.05) is 66.7 Å². The second-order valence-electron chi connectivity index (χ2n) is 5.42. The number of anilines is 1. The fraction of sp³-hybridized carbons (Fsp3) is 0.100. The molecule has 0 aliphatic rings. The van der Waals surface area contributed by atoms with Crippen LogP contribution in [-0.2, 0) is 4.79 Å². The first-order valence-electron chi connectivity index (χ1n) is 7.78. The number of halogens is 1. The number of benzene rings is 2. The lowest BCUT2D eigenvalue weighted by molar-refractivity contribution is -0.116. The Morgan fingerprint density at radius 3 is 2.71 bits per heavy atom. The lowest BCUT2D eigenvalue weighted by Crippen LogP contribution is -2.11. The van der Waals surface area contributed by atoms with Crippen LogP contribution in [0.3, 0.4) is 0 Å². The molecule has 1 heterocycles. The predicted octanol–water partition coefficient (Wildman–Crippen LogP) is 5.32. The second-order valence-corrected chi connectivity index (χ2v) is 5.86. The summed E-state index contributed by atoms with van der Waals surface area (Å²) in [6.07, 6.45) is 6.81. The molecule has 1 N–H and O–H groups in total. The number of para-hydroxylation sites is 1. The van der Waals surface area contributed by atoms with Gasteiger partial charge in [0, 0.05) is 23.0 Å². The molecular formula is C20H17ClN2O. The van der Waals surface area contributed by atoms with Gasteiger partial charge in [-0.25, -0.2) is 0 Å². The summed E-state index contributed by atoms with van der Waals surface area (Å²) >= 11 is 5.85. The second kappa shape index (κ2) is 7.75. The van der Waals surface area contributed by atoms with E-state index in [4.69, 9.17) is 11.6 Å². The van der Waals surface area contributed by atoms with E-state index in [-0.39, 0.29) is 5.91 Å². The van der Waals surface area contributed by atoms with Crippen molar-refractivity contribution < 1.29 is 4.79 Å². The largest absolute Gasteiger partial charge is 0.324 e. The number of aromatic nitrogens is 1. The molecule has 0 saturated carbocycles. The number of rotatable bonds is 5. The Labute approximate surface area is 146 Å². The van der Waals surface area contributed by atoms with E-state index in [1.165, 1.54) is 0 Å². The Morgan fingerprint density at radius 2 is 1.88 bits per heavy atom. The van der Waals surface area contributed by atoms with Gasteiger partial charge in [0.25, 0.3) is 0 Å². The molecule has 0 saturated heterocycles. The quantitative estimate of drug-likeness (QED) is 0.685. The zero-order valence-corrected chi connectivity index (χ0v) is 13.8. The third-order valence-corrected chi connectivity index (χ3v) is 3.88. The fourth-order valence-corrected chi connectivity index (χ4v) is 2.55. The Kier molecular flexibility index (Phi) is 5.24. The average Bonchev–Trinajstić information content (AvgIpc) is 2.61. The molecule has 0 spiro atoms. The summed E-state index contributed by atoms with van der Waals surface area (Å²) in [5.74, 6) is -0.0195. The highest BCUT2D eigenvalue weighted by Gasteiger charge is 2.05. The highest BCUT2D eigenvalue weighted by atomic mass is 35.5. The standard InChI is InChI=1S/C20H17ClN2O/c21-17-12-10-15(11-13-17)5-1-2-9-19(24)23-18-8-3-6-16-7-4-14-22-20(16)18/h1,3-8,10-14H,2,9H2,(H,23,24)/b5-1-. The first kappa shape index (κ1) is 16.2. The van der Waals surface area contributed by atoms with Crippen LogP contribution in [0.5, 0.6) is 0 Å². The molecule has 24 heavy (non-hydrogen) atoms. The fourth-order valence-electron chi connectivity index (χ4n) is 2.43. The molecule has 0 aliphatic carbocycles. The Bertz CT molecular complexity index is 867. The van der Waals surface area contributed by atoms with Gasteiger partial charge < -0.3 is 5.32 Å². The number of fused-ring (bicyclic) bond motifs is 1. The van der Waals surface area contributed by atoms with Gasteiger partial charge in [-0.3, -0.25) is 9.78 Å². The first-order chi connectivity index (χ1) is 11.7. The van der Waals surface area contributed by atoms with Crippen molar-refractivity contribution in [2.75, 3.05) is 5.32 Å². The molecule has 3 rings (SSSR count). The van der Waals surface area contributed by atoms with Gasteiger partial charge in [0.05, 0.1) is 11.2 Å². The van der Waals surface area contributed by atoms with Crippen molar-refractivity contribution in [2.24, 2.45) is 0 Å². The maximum Gasteiger partial charge on any atom is 0.224 e. The highest BCUT2D eigenvalue weighted by molar-refractivity contribution is 6.30. The van der Waals surface area contributed by atoms with E-state index < -0.39 is 0 Å². The number of nitrogens with zero attached hydrogens (tertiary/aromatic N) is 1. The van der Waals surface area contributed by atoms with E-state index in [9.17, 15) is 4.79 Å². The summed E-state index contributed by atoms with van der Waals surface area (Å²) in [6, 6.07) is 17.2. The lowest BCUT2D eigenvalue weighted by Gasteiger charge is -2.07. The molecule has 4 heteroatoms. The van der Waals surface area contributed by atoms with Crippen LogP contribution in [0.2, 0.25) is 5.02 Å². The summed E-state index contributed by atoms with van der Waals surface area (Å²) in [6.45, 7) is 0. The molecular weight excluding hydrogens is 320 g/mol. The van der Waals surface area contributed by atoms with E-state index in [2.05, 4.69) is 10.3 Å². The Hall–Kier alpha value is -2.65. The predicted molar refractivity (Wildman–Crippen MR) is 100 cm³/mol. The number of allylic oxidation sites excluding steroid dienone is 1. The van der Waals surface area contributed by atoms with Crippen molar-refractivity contribution in [3.8, 4) is 0 Å². The van der Waals surface area contributed by atoms with Crippen LogP contribution in [0, 0.1) is 0 Å². The number of hydrogen-bond donors (Lipinski definition) is 1. The summed E-state index contributed by atoms with van der Waals surface area (Å²) in [4.78, 5) is 16.5. The normalized spacial score (nSPS) is 11.0. The minimum absolute atomic E-state index is 0.0195. The molecule has 0 radical (unpaired) electrons. The summed E-state index contributed by atoms with van der Waals surface area (Å²) in [5.41, 5.74) is 2.63. The third-order valence-electron chi connectivity index (χ3n) is 3.63. The number of hydrogen-bond acceptors (Lipinski definition) is 2. The van der Waals surface area contributed by atoms with E-state index in [0.717, 1.165) is 27.2 Å². The van der Waals surface area contributed by atoms with Crippen LogP contribution in [0.4, 0.5) is 5.69 Å². The van der Waals surface area contributed by atoms with Crippen molar-refractivity contribution in [1.29, 1.82) is 0 Å². The number of carbonyl (C=O) groups excluding carboxylic acids is 1. The zero-order chi connectivity index (χ0) is 16.8. The number of nitrogens with one attached hydrogen (secondary N) is 1. The summed E-state index contributed by atoms with van der Waals surface area (Å²) < 4.78 is 0. The van der Waals surface area contributed by atoms with Gasteiger partial charge in [-0.2, -0.15) is 0 Å². The summed E-state index contributed by atoms with van der Waals surface area (Å²) in [5, 5.41) is 4.67. The maximum absolute atomic E-state index is 12.1. The molecule has 0 fully saturated rings. The van der Waals surface area contributed by atoms with Crippen LogP contribution in [0.25, 0.3) is 17.0 Å². The van der Waals surface area contributed by atoms with Crippen LogP contribution >= 0.6 is 11.6 Å². The van der Waals surface area contributed by atoms with Crippen molar-refractivity contribution in [3.63, 3.8) is 0 Å². The maximum atomic E-state index is 12.1. The number of amides is 1. The van der Waals surface area contributed by atoms with Crippen molar-refractivity contribution in [1.82, 2.24) is 4.98 Å². The zero-order valence-electron chi connectivity index (χ0n) is 13.1. The number of carbonyl (C=O) groups is 1. The third kappa shape index (κ3) is 4.21. The molecule has 0 aliphatic heterocycles. The van der Waals surface area contributed by atoms with E-state index in [1.54, 1.807) is 6.20 Å². The van der Waals surface area contributed by atoms with Gasteiger partial charge >= 0.3 is 0 Å². The minimum Gasteiger partial charge on any atom is -0.324 e. The molecule has 3 aromatic rings. The topological polar surface area (TPSA) is 42.0 Å². The smallest absolute Gasteiger partial charge is 0.224 e.